The molecule has 0 bridgehead atoms. The van der Waals surface area contributed by atoms with Crippen molar-refractivity contribution in [2.24, 2.45) is 11.3 Å². The van der Waals surface area contributed by atoms with Gasteiger partial charge in [0.05, 0.1) is 6.26 Å². The predicted molar refractivity (Wildman–Crippen MR) is 165 cm³/mol. The first kappa shape index (κ1) is 30.4. The van der Waals surface area contributed by atoms with Gasteiger partial charge in [-0.2, -0.15) is 0 Å². The van der Waals surface area contributed by atoms with E-state index in [1.807, 2.05) is 59.3 Å². The van der Waals surface area contributed by atoms with Crippen LogP contribution in [0.5, 0.6) is 0 Å². The summed E-state index contributed by atoms with van der Waals surface area (Å²) in [7, 11) is -3.64. The van der Waals surface area contributed by atoms with Crippen LogP contribution < -0.4 is 14.9 Å². The Kier molecular flexibility index (Phi) is 9.51. The smallest absolute Gasteiger partial charge is 0.264 e. The van der Waals surface area contributed by atoms with Gasteiger partial charge in [0.1, 0.15) is 0 Å². The Morgan fingerprint density at radius 3 is 2.25 bits per heavy atom. The second-order valence-electron chi connectivity index (χ2n) is 11.8. The molecule has 1 heterocycles. The third kappa shape index (κ3) is 8.23. The lowest BCUT2D eigenvalue weighted by molar-refractivity contribution is 0.0981. The van der Waals surface area contributed by atoms with Crippen LogP contribution in [0.4, 0.5) is 5.69 Å². The minimum absolute atomic E-state index is 0.152. The number of halogens is 2. The van der Waals surface area contributed by atoms with Crippen molar-refractivity contribution in [3.8, 4) is 0 Å². The van der Waals surface area contributed by atoms with Gasteiger partial charge in [0, 0.05) is 52.9 Å². The molecule has 1 aliphatic heterocycles. The van der Waals surface area contributed by atoms with E-state index in [2.05, 4.69) is 37.1 Å². The molecule has 6 nitrogen and oxygen atoms in total. The number of nitrogens with one attached hydrogen (secondary N) is 2. The van der Waals surface area contributed by atoms with E-state index >= 15 is 0 Å². The molecule has 4 rings (SSSR count). The van der Waals surface area contributed by atoms with E-state index in [1.54, 1.807) is 12.1 Å². The lowest BCUT2D eigenvalue weighted by Crippen LogP contribution is -2.39. The summed E-state index contributed by atoms with van der Waals surface area (Å²) in [4.78, 5) is 14.6. The van der Waals surface area contributed by atoms with Gasteiger partial charge in [0.15, 0.2) is 0 Å². The average molecular weight is 603 g/mol. The zero-order valence-corrected chi connectivity index (χ0v) is 25.7. The van der Waals surface area contributed by atoms with Crippen molar-refractivity contribution in [2.45, 2.75) is 45.7 Å². The number of carbonyl (C=O) groups excluding carboxylic acids is 1. The molecule has 0 radical (unpaired) electrons. The van der Waals surface area contributed by atoms with Crippen LogP contribution in [0.2, 0.25) is 10.0 Å². The minimum Gasteiger partial charge on any atom is -0.367 e. The van der Waals surface area contributed by atoms with Crippen molar-refractivity contribution in [1.29, 1.82) is 0 Å². The number of hydrogen-bond acceptors (Lipinski definition) is 5. The lowest BCUT2D eigenvalue weighted by atomic mass is 9.78. The molecule has 3 unspecified atom stereocenters. The average Bonchev–Trinajstić information content (AvgIpc) is 3.24. The van der Waals surface area contributed by atoms with E-state index in [9.17, 15) is 13.2 Å². The zero-order valence-electron chi connectivity index (χ0n) is 23.3. The quantitative estimate of drug-likeness (QED) is 0.293. The number of amides is 1. The summed E-state index contributed by atoms with van der Waals surface area (Å²) in [5.74, 6) is -0.110. The lowest BCUT2D eigenvalue weighted by Gasteiger charge is -2.35. The highest BCUT2D eigenvalue weighted by Gasteiger charge is 2.40. The summed E-state index contributed by atoms with van der Waals surface area (Å²) in [6.45, 7) is 9.05. The summed E-state index contributed by atoms with van der Waals surface area (Å²) >= 11 is 12.9. The molecule has 40 heavy (non-hydrogen) atoms. The summed E-state index contributed by atoms with van der Waals surface area (Å²) < 4.78 is 25.0. The van der Waals surface area contributed by atoms with Gasteiger partial charge in [-0.1, -0.05) is 74.3 Å². The van der Waals surface area contributed by atoms with Crippen LogP contribution >= 0.6 is 23.2 Å². The number of carbonyl (C=O) groups is 1. The fourth-order valence-corrected chi connectivity index (χ4v) is 6.35. The predicted octanol–water partition coefficient (Wildman–Crippen LogP) is 6.50. The minimum atomic E-state index is -3.64. The van der Waals surface area contributed by atoms with Crippen molar-refractivity contribution < 1.29 is 13.2 Å². The van der Waals surface area contributed by atoms with E-state index in [1.165, 1.54) is 0 Å². The Hall–Kier alpha value is -2.58. The summed E-state index contributed by atoms with van der Waals surface area (Å²) in [5.41, 5.74) is 3.64. The number of benzene rings is 3. The number of hydrogen-bond donors (Lipinski definition) is 2. The summed E-state index contributed by atoms with van der Waals surface area (Å²) in [5, 5.41) is 5.27. The van der Waals surface area contributed by atoms with Gasteiger partial charge in [-0.3, -0.25) is 4.79 Å². The van der Waals surface area contributed by atoms with Crippen LogP contribution in [0.3, 0.4) is 0 Å². The van der Waals surface area contributed by atoms with Gasteiger partial charge in [-0.05, 0) is 71.3 Å². The van der Waals surface area contributed by atoms with Crippen LogP contribution in [0.1, 0.15) is 54.6 Å². The molecule has 3 atom stereocenters. The van der Waals surface area contributed by atoms with Gasteiger partial charge in [-0.15, -0.1) is 0 Å². The number of rotatable bonds is 9. The third-order valence-corrected chi connectivity index (χ3v) is 8.41. The SMILES string of the molecule is CC(C)(C)CC1NCC(c2ccccc2Cl)C1CN(Cc1ccc(C(=O)NS(C)(=O)=O)cc1)c1ccc(Cl)cc1. The normalized spacial score (nSPS) is 19.4. The first-order chi connectivity index (χ1) is 18.8. The first-order valence-electron chi connectivity index (χ1n) is 13.4. The highest BCUT2D eigenvalue weighted by molar-refractivity contribution is 7.89. The van der Waals surface area contributed by atoms with Crippen LogP contribution in [0.25, 0.3) is 0 Å². The second kappa shape index (κ2) is 12.5. The Labute approximate surface area is 248 Å². The maximum Gasteiger partial charge on any atom is 0.264 e. The molecule has 0 aromatic heterocycles. The van der Waals surface area contributed by atoms with Crippen LogP contribution in [-0.2, 0) is 16.6 Å². The molecule has 0 spiro atoms. The van der Waals surface area contributed by atoms with Crippen molar-refractivity contribution in [3.63, 3.8) is 0 Å². The molecule has 1 saturated heterocycles. The van der Waals surface area contributed by atoms with Gasteiger partial charge in [0.25, 0.3) is 5.91 Å². The van der Waals surface area contributed by atoms with Gasteiger partial charge >= 0.3 is 0 Å². The Morgan fingerprint density at radius 1 is 1.00 bits per heavy atom. The standard InChI is InChI=1S/C31H37Cl2N3O3S/c1-31(2,3)17-29-27(26(18-34-29)25-7-5-6-8-28(25)33)20-36(24-15-13-23(32)14-16-24)19-21-9-11-22(12-10-21)30(37)35-40(4,38)39/h5-16,26-27,29,34H,17-20H2,1-4H3,(H,35,37). The Bertz CT molecular complexity index is 1420. The van der Waals surface area contributed by atoms with Crippen molar-refractivity contribution in [3.05, 3.63) is 99.5 Å². The van der Waals surface area contributed by atoms with E-state index in [4.69, 9.17) is 23.2 Å². The molecule has 1 aliphatic rings. The topological polar surface area (TPSA) is 78.5 Å². The van der Waals surface area contributed by atoms with E-state index in [0.29, 0.717) is 17.6 Å². The molecule has 214 valence electrons. The Balaban J connectivity index is 1.65. The van der Waals surface area contributed by atoms with Crippen molar-refractivity contribution in [2.75, 3.05) is 24.2 Å². The van der Waals surface area contributed by atoms with Gasteiger partial charge in [0.2, 0.25) is 10.0 Å². The highest BCUT2D eigenvalue weighted by atomic mass is 35.5. The summed E-state index contributed by atoms with van der Waals surface area (Å²) in [6.07, 6.45) is 1.99. The maximum atomic E-state index is 12.3. The zero-order chi connectivity index (χ0) is 29.1. The molecular weight excluding hydrogens is 565 g/mol. The fraction of sp³-hybridized carbons (Fsp3) is 0.387. The number of anilines is 1. The molecule has 1 fully saturated rings. The third-order valence-electron chi connectivity index (χ3n) is 7.26. The molecule has 1 amide bonds. The van der Waals surface area contributed by atoms with E-state index < -0.39 is 15.9 Å². The fourth-order valence-electron chi connectivity index (χ4n) is 5.49. The monoisotopic (exact) mass is 601 g/mol. The van der Waals surface area contributed by atoms with Gasteiger partial charge in [-0.25, -0.2) is 13.1 Å². The largest absolute Gasteiger partial charge is 0.367 e. The molecule has 0 aliphatic carbocycles. The first-order valence-corrected chi connectivity index (χ1v) is 16.0. The summed E-state index contributed by atoms with van der Waals surface area (Å²) in [6, 6.07) is 23.3. The van der Waals surface area contributed by atoms with Crippen LogP contribution in [0.15, 0.2) is 72.8 Å². The second-order valence-corrected chi connectivity index (χ2v) is 14.4. The Morgan fingerprint density at radius 2 is 1.65 bits per heavy atom. The molecular formula is C31H37Cl2N3O3S. The molecule has 2 N–H and O–H groups in total. The van der Waals surface area contributed by atoms with Gasteiger partial charge < -0.3 is 10.2 Å². The molecule has 3 aromatic rings. The molecule has 9 heteroatoms. The van der Waals surface area contributed by atoms with Crippen LogP contribution in [-0.4, -0.2) is 39.7 Å². The highest BCUT2D eigenvalue weighted by Crippen LogP contribution is 2.40. The molecule has 0 saturated carbocycles. The number of nitrogens with zero attached hydrogens (tertiary/aromatic N) is 1. The molecule has 3 aromatic carbocycles. The maximum absolute atomic E-state index is 12.3. The van der Waals surface area contributed by atoms with Crippen molar-refractivity contribution >= 4 is 44.8 Å². The van der Waals surface area contributed by atoms with Crippen molar-refractivity contribution in [1.82, 2.24) is 10.0 Å². The number of sulfonamides is 1. The van der Waals surface area contributed by atoms with Crippen LogP contribution in [0, 0.1) is 11.3 Å². The van der Waals surface area contributed by atoms with E-state index in [0.717, 1.165) is 47.6 Å². The van der Waals surface area contributed by atoms with E-state index in [-0.39, 0.29) is 22.8 Å².